The van der Waals surface area contributed by atoms with E-state index in [9.17, 15) is 38.3 Å². The van der Waals surface area contributed by atoms with Crippen molar-refractivity contribution >= 4 is 81.2 Å². The van der Waals surface area contributed by atoms with E-state index in [1.807, 2.05) is 78.9 Å². The van der Waals surface area contributed by atoms with E-state index in [-0.39, 0.29) is 82.5 Å². The normalized spacial score (nSPS) is 26.3. The van der Waals surface area contributed by atoms with E-state index in [0.29, 0.717) is 123 Å². The summed E-state index contributed by atoms with van der Waals surface area (Å²) >= 11 is 5.87. The number of amides is 6. The molecule has 0 saturated heterocycles. The Morgan fingerprint density at radius 2 is 0.525 bits per heavy atom. The highest BCUT2D eigenvalue weighted by Gasteiger charge is 2.41. The number of benzene rings is 6. The van der Waals surface area contributed by atoms with Crippen LogP contribution in [0.25, 0.3) is 0 Å². The summed E-state index contributed by atoms with van der Waals surface area (Å²) in [6.07, 6.45) is 20.4. The summed E-state index contributed by atoms with van der Waals surface area (Å²) < 4.78 is 18.0. The van der Waals surface area contributed by atoms with Crippen LogP contribution in [0, 0.1) is 148 Å². The van der Waals surface area contributed by atoms with Crippen molar-refractivity contribution in [1.82, 2.24) is 0 Å². The average Bonchev–Trinajstić information content (AvgIpc) is 0.852. The lowest BCUT2D eigenvalue weighted by Crippen LogP contribution is -2.36. The second-order valence-electron chi connectivity index (χ2n) is 40.0. The summed E-state index contributed by atoms with van der Waals surface area (Å²) in [6.45, 7) is 44.6. The molecule has 6 fully saturated rings. The van der Waals surface area contributed by atoms with E-state index in [1.54, 1.807) is 55.6 Å². The number of rotatable bonds is 20. The first-order valence-electron chi connectivity index (χ1n) is 46.8. The van der Waals surface area contributed by atoms with Gasteiger partial charge in [-0.15, -0.1) is 0 Å². The van der Waals surface area contributed by atoms with E-state index in [1.165, 1.54) is 75.5 Å². The molecule has 672 valence electrons. The highest BCUT2D eigenvalue weighted by Crippen LogP contribution is 2.45. The van der Waals surface area contributed by atoms with Crippen LogP contribution in [0.3, 0.4) is 0 Å². The van der Waals surface area contributed by atoms with Crippen molar-refractivity contribution in [2.75, 3.05) is 39.0 Å². The van der Waals surface area contributed by atoms with Gasteiger partial charge in [0.05, 0.1) is 7.11 Å². The van der Waals surface area contributed by atoms with Crippen LogP contribution < -0.4 is 36.6 Å². The van der Waals surface area contributed by atoms with Crippen LogP contribution in [-0.4, -0.2) is 47.7 Å². The highest BCUT2D eigenvalue weighted by atomic mass is 35.5. The number of phenols is 1. The number of nitrogens with one attached hydrogen (secondary N) is 6. The maximum Gasteiger partial charge on any atom is 0.227 e. The number of aromatic hydroxyl groups is 1. The average molecular weight is 1700 g/mol. The van der Waals surface area contributed by atoms with Gasteiger partial charge < -0.3 is 41.7 Å². The molecule has 0 unspecified atom stereocenters. The summed E-state index contributed by atoms with van der Waals surface area (Å²) in [5.74, 6) is 13.2. The van der Waals surface area contributed by atoms with Gasteiger partial charge in [0.15, 0.2) is 0 Å². The third-order valence-electron chi connectivity index (χ3n) is 27.8. The lowest BCUT2D eigenvalue weighted by molar-refractivity contribution is -0.124. The Labute approximate surface area is 740 Å². The minimum Gasteiger partial charge on any atom is -0.508 e. The minimum absolute atomic E-state index is 0.0730. The van der Waals surface area contributed by atoms with E-state index in [4.69, 9.17) is 16.3 Å². The van der Waals surface area contributed by atoms with Gasteiger partial charge in [-0.1, -0.05) is 219 Å². The van der Waals surface area contributed by atoms with Gasteiger partial charge in [0.2, 0.25) is 35.4 Å². The van der Waals surface area contributed by atoms with Crippen LogP contribution in [0.4, 0.5) is 38.5 Å². The predicted molar refractivity (Wildman–Crippen MR) is 507 cm³/mol. The molecule has 0 aromatic heterocycles. The van der Waals surface area contributed by atoms with Crippen LogP contribution >= 0.6 is 11.6 Å². The molecule has 6 aliphatic carbocycles. The number of phenolic OH excluding ortho intramolecular Hbond substituents is 1. The number of anilines is 6. The standard InChI is InChI=1S/C20H31NO.C18H27NO2.C17H24ClNO.C17H24FNO.C17H25NO2.C17H25NO/c1-13(2)16-7-9-17(10-8-16)21-20(22)19-12-15(5)6-11-18(19)14(3)4;1-12(2)16-10-5-13(3)11-17(16)18(20)19-14-6-8-15(21-4)9-7-14;2*1-11(2)15-9-4-12(3)10-16(15)17(20)19-14-7-5-13(18)6-8-14;1-11(2)15-9-4-12(3)10-16(15)17(20)18-13-5-7-14(19)8-6-13;1-12(2)15-10-9-13(3)11-16(15)17(19)18-14-7-5-4-6-8-14/h7-10,13-15,18-19H,6,11-12H2,1-5H3,(H,21,22);6-9,12-13,16-17H,5,10-11H2,1-4H3,(H,19,20);2*5-8,11-12,15-16H,4,9-10H2,1-3H3,(H,19,20);5-8,11-12,15-16,19H,4,9-10H2,1-3H3,(H,18,20);4-8,12-13,15-16H,9-11H2,1-3H3,(H,18,19)/t15-,18+,19-;13-,16+,17-;3*12-,15+,16-;13-,15+,16-/m111111/s1. The molecule has 14 nitrogen and oxygen atoms in total. The lowest BCUT2D eigenvalue weighted by Gasteiger charge is -2.36. The fourth-order valence-electron chi connectivity index (χ4n) is 20.2. The Balaban J connectivity index is 0.000000202. The number of carbonyl (C=O) groups is 6. The summed E-state index contributed by atoms with van der Waals surface area (Å²) in [4.78, 5) is 75.5. The third-order valence-corrected chi connectivity index (χ3v) is 28.0. The number of carbonyl (C=O) groups excluding carboxylic acids is 6. The molecule has 6 aromatic carbocycles. The van der Waals surface area contributed by atoms with Gasteiger partial charge in [-0.3, -0.25) is 28.8 Å². The maximum atomic E-state index is 12.9. The van der Waals surface area contributed by atoms with Gasteiger partial charge in [-0.2, -0.15) is 0 Å². The molecule has 6 aliphatic rings. The molecule has 0 radical (unpaired) electrons. The molecule has 122 heavy (non-hydrogen) atoms. The molecule has 6 amide bonds. The van der Waals surface area contributed by atoms with Gasteiger partial charge in [0.25, 0.3) is 0 Å². The van der Waals surface area contributed by atoms with Crippen molar-refractivity contribution in [2.24, 2.45) is 142 Å². The van der Waals surface area contributed by atoms with Crippen molar-refractivity contribution in [2.45, 2.75) is 260 Å². The third kappa shape index (κ3) is 32.5. The van der Waals surface area contributed by atoms with Crippen LogP contribution in [0.2, 0.25) is 5.02 Å². The molecule has 6 saturated carbocycles. The van der Waals surface area contributed by atoms with Crippen molar-refractivity contribution in [3.8, 4) is 11.5 Å². The van der Waals surface area contributed by atoms with E-state index in [2.05, 4.69) is 183 Å². The van der Waals surface area contributed by atoms with Crippen LogP contribution in [-0.2, 0) is 28.8 Å². The quantitative estimate of drug-likeness (QED) is 0.0366. The lowest BCUT2D eigenvalue weighted by atomic mass is 9.70. The van der Waals surface area contributed by atoms with Crippen LogP contribution in [0.5, 0.6) is 11.5 Å². The molecule has 0 bridgehead atoms. The first kappa shape index (κ1) is 101. The second kappa shape index (κ2) is 50.2. The van der Waals surface area contributed by atoms with Crippen molar-refractivity contribution in [3.05, 3.63) is 168 Å². The summed E-state index contributed by atoms with van der Waals surface area (Å²) in [6, 6.07) is 45.6. The number of halogens is 2. The minimum atomic E-state index is -0.283. The Morgan fingerprint density at radius 1 is 0.311 bits per heavy atom. The Bertz CT molecular complexity index is 3890. The number of hydrogen-bond acceptors (Lipinski definition) is 8. The SMILES string of the molecule is CC(C)[C@@H]1CC[C@@H](C)C[C@H]1C(=O)Nc1ccc(Cl)cc1.CC(C)[C@@H]1CC[C@@H](C)C[C@H]1C(=O)Nc1ccc(F)cc1.CC(C)[C@@H]1CC[C@@H](C)C[C@H]1C(=O)Nc1ccc(O)cc1.CC(C)[C@@H]1CC[C@@H](C)C[C@H]1C(=O)Nc1ccccc1.CC(C)c1ccc(NC(=O)[C@@H]2C[C@H](C)CC[C@H]2C(C)C)cc1.COc1ccc(NC(=O)[C@@H]2C[C@H](C)CC[C@H]2C(C)C)cc1. The number of para-hydroxylation sites is 1. The zero-order valence-corrected chi connectivity index (χ0v) is 78.9. The Kier molecular flexibility index (Phi) is 41.6. The first-order chi connectivity index (χ1) is 57.9. The maximum absolute atomic E-state index is 12.9. The first-order valence-corrected chi connectivity index (χ1v) is 47.2. The van der Waals surface area contributed by atoms with Crippen molar-refractivity contribution in [3.63, 3.8) is 0 Å². The molecular formula is C106H156ClFN6O8. The van der Waals surface area contributed by atoms with E-state index >= 15 is 0 Å². The van der Waals surface area contributed by atoms with Crippen molar-refractivity contribution in [1.29, 1.82) is 0 Å². The fourth-order valence-corrected chi connectivity index (χ4v) is 20.3. The molecule has 7 N–H and O–H groups in total. The van der Waals surface area contributed by atoms with Crippen molar-refractivity contribution < 1.29 is 43.0 Å². The molecule has 0 heterocycles. The Hall–Kier alpha value is -8.04. The molecule has 18 atom stereocenters. The molecule has 0 aliphatic heterocycles. The monoisotopic (exact) mass is 1700 g/mol. The molecule has 12 rings (SSSR count). The molecular weight excluding hydrogens is 1540 g/mol. The van der Waals surface area contributed by atoms with Gasteiger partial charge in [0, 0.05) is 74.7 Å². The predicted octanol–water partition coefficient (Wildman–Crippen LogP) is 27.6. The summed E-state index contributed by atoms with van der Waals surface area (Å²) in [5.41, 5.74) is 6.26. The number of hydrogen-bond donors (Lipinski definition) is 7. The van der Waals surface area contributed by atoms with Crippen LogP contribution in [0.15, 0.2) is 152 Å². The molecule has 6 aromatic rings. The zero-order valence-electron chi connectivity index (χ0n) is 78.2. The van der Waals surface area contributed by atoms with Gasteiger partial charge in [-0.25, -0.2) is 4.39 Å². The molecule has 0 spiro atoms. The fraction of sp³-hybridized carbons (Fsp3) is 0.604. The van der Waals surface area contributed by atoms with E-state index < -0.39 is 0 Å². The second-order valence-corrected chi connectivity index (χ2v) is 40.4. The zero-order chi connectivity index (χ0) is 89.6. The van der Waals surface area contributed by atoms with Gasteiger partial charge in [-0.05, 0) is 316 Å². The molecule has 16 heteroatoms. The highest BCUT2D eigenvalue weighted by molar-refractivity contribution is 6.30. The smallest absolute Gasteiger partial charge is 0.227 e. The summed E-state index contributed by atoms with van der Waals surface area (Å²) in [7, 11) is 1.64. The summed E-state index contributed by atoms with van der Waals surface area (Å²) in [5, 5.41) is 28.2. The number of methoxy groups -OCH3 is 1. The van der Waals surface area contributed by atoms with Crippen LogP contribution in [0.1, 0.15) is 266 Å². The van der Waals surface area contributed by atoms with Gasteiger partial charge in [0.1, 0.15) is 17.3 Å². The Morgan fingerprint density at radius 3 is 0.754 bits per heavy atom. The number of ether oxygens (including phenoxy) is 1. The van der Waals surface area contributed by atoms with Gasteiger partial charge >= 0.3 is 0 Å². The topological polar surface area (TPSA) is 204 Å². The van der Waals surface area contributed by atoms with E-state index in [0.717, 1.165) is 92.0 Å². The largest absolute Gasteiger partial charge is 0.508 e.